The van der Waals surface area contributed by atoms with Gasteiger partial charge in [-0.05, 0) is 48.6 Å². The second-order valence-corrected chi connectivity index (χ2v) is 7.25. The normalized spacial score (nSPS) is 18.2. The molecular formula is C23H27N3O5. The van der Waals surface area contributed by atoms with Crippen LogP contribution in [0.3, 0.4) is 0 Å². The van der Waals surface area contributed by atoms with E-state index in [-0.39, 0.29) is 13.2 Å². The Morgan fingerprint density at radius 1 is 1.03 bits per heavy atom. The molecule has 1 aliphatic rings. The maximum absolute atomic E-state index is 12.9. The van der Waals surface area contributed by atoms with E-state index in [4.69, 9.17) is 9.47 Å². The molecule has 0 fully saturated rings. The molecule has 0 aliphatic carbocycles. The standard InChI is InChI=1S/C23H27N3O5/c27-21(23(29)25-15-17-8-10-24-11-9-17)20-7-3-4-12-30-13-14-31-16-18-5-1-2-6-19(18)22(28)26-20/h1-2,5-6,8-11,20H,3-4,7,12-16H2,(H,25,29)(H,26,28). The molecule has 0 bridgehead atoms. The Bertz CT molecular complexity index is 888. The lowest BCUT2D eigenvalue weighted by molar-refractivity contribution is -0.139. The molecule has 1 aliphatic heterocycles. The highest BCUT2D eigenvalue weighted by atomic mass is 16.5. The third-order valence-corrected chi connectivity index (χ3v) is 4.97. The van der Waals surface area contributed by atoms with E-state index in [9.17, 15) is 14.4 Å². The molecule has 1 aromatic carbocycles. The fourth-order valence-corrected chi connectivity index (χ4v) is 3.26. The summed E-state index contributed by atoms with van der Waals surface area (Å²) >= 11 is 0. The molecule has 1 atom stereocenters. The van der Waals surface area contributed by atoms with Crippen molar-refractivity contribution in [3.8, 4) is 0 Å². The topological polar surface area (TPSA) is 107 Å². The summed E-state index contributed by atoms with van der Waals surface area (Å²) in [5.41, 5.74) is 1.97. The minimum absolute atomic E-state index is 0.210. The first-order valence-corrected chi connectivity index (χ1v) is 10.4. The number of amides is 2. The Kier molecular flexibility index (Phi) is 8.69. The molecule has 8 nitrogen and oxygen atoms in total. The molecule has 0 saturated heterocycles. The average Bonchev–Trinajstić information content (AvgIpc) is 2.80. The number of hydrogen-bond acceptors (Lipinski definition) is 6. The summed E-state index contributed by atoms with van der Waals surface area (Å²) in [6, 6.07) is 9.66. The molecule has 2 aromatic rings. The van der Waals surface area contributed by atoms with Crippen molar-refractivity contribution in [3.05, 3.63) is 65.5 Å². The highest BCUT2D eigenvalue weighted by Crippen LogP contribution is 2.13. The number of ketones is 1. The summed E-state index contributed by atoms with van der Waals surface area (Å²) in [4.78, 5) is 42.1. The molecule has 2 heterocycles. The van der Waals surface area contributed by atoms with E-state index in [1.165, 1.54) is 0 Å². The van der Waals surface area contributed by atoms with E-state index >= 15 is 0 Å². The monoisotopic (exact) mass is 425 g/mol. The van der Waals surface area contributed by atoms with Crippen molar-refractivity contribution in [2.75, 3.05) is 19.8 Å². The van der Waals surface area contributed by atoms with Gasteiger partial charge in [0.15, 0.2) is 0 Å². The molecule has 3 rings (SSSR count). The quantitative estimate of drug-likeness (QED) is 0.724. The maximum Gasteiger partial charge on any atom is 0.289 e. The van der Waals surface area contributed by atoms with Gasteiger partial charge in [0, 0.05) is 31.1 Å². The van der Waals surface area contributed by atoms with Crippen molar-refractivity contribution in [2.45, 2.75) is 38.5 Å². The van der Waals surface area contributed by atoms with Crippen LogP contribution in [0.4, 0.5) is 0 Å². The number of carbonyl (C=O) groups excluding carboxylic acids is 3. The zero-order valence-corrected chi connectivity index (χ0v) is 17.3. The van der Waals surface area contributed by atoms with Gasteiger partial charge in [-0.3, -0.25) is 19.4 Å². The van der Waals surface area contributed by atoms with Crippen LogP contribution in [0.2, 0.25) is 0 Å². The zero-order valence-electron chi connectivity index (χ0n) is 17.3. The molecule has 0 radical (unpaired) electrons. The van der Waals surface area contributed by atoms with Crippen molar-refractivity contribution >= 4 is 17.6 Å². The Hall–Kier alpha value is -3.10. The lowest BCUT2D eigenvalue weighted by atomic mass is 10.0. The molecular weight excluding hydrogens is 398 g/mol. The van der Waals surface area contributed by atoms with E-state index in [0.717, 1.165) is 12.0 Å². The minimum atomic E-state index is -0.915. The first kappa shape index (κ1) is 22.6. The van der Waals surface area contributed by atoms with Crippen molar-refractivity contribution < 1.29 is 23.9 Å². The van der Waals surface area contributed by atoms with Crippen molar-refractivity contribution in [1.82, 2.24) is 15.6 Å². The smallest absolute Gasteiger partial charge is 0.289 e. The van der Waals surface area contributed by atoms with Gasteiger partial charge in [-0.1, -0.05) is 18.2 Å². The van der Waals surface area contributed by atoms with Crippen LogP contribution in [-0.2, 0) is 32.2 Å². The number of Topliss-reactive ketones (excluding diaryl/α,β-unsaturated/α-hetero) is 1. The van der Waals surface area contributed by atoms with Crippen molar-refractivity contribution in [3.63, 3.8) is 0 Å². The Labute approximate surface area is 181 Å². The van der Waals surface area contributed by atoms with Crippen molar-refractivity contribution in [2.24, 2.45) is 0 Å². The van der Waals surface area contributed by atoms with Crippen LogP contribution in [0.25, 0.3) is 0 Å². The third kappa shape index (κ3) is 6.97. The predicted molar refractivity (Wildman–Crippen MR) is 113 cm³/mol. The molecule has 8 heteroatoms. The Morgan fingerprint density at radius 3 is 2.65 bits per heavy atom. The van der Waals surface area contributed by atoms with Gasteiger partial charge in [0.2, 0.25) is 5.78 Å². The van der Waals surface area contributed by atoms with Gasteiger partial charge in [0.1, 0.15) is 0 Å². The van der Waals surface area contributed by atoms with Gasteiger partial charge in [-0.15, -0.1) is 0 Å². The number of nitrogens with one attached hydrogen (secondary N) is 2. The number of fused-ring (bicyclic) bond motifs is 1. The number of pyridine rings is 1. The number of benzene rings is 1. The summed E-state index contributed by atoms with van der Waals surface area (Å²) < 4.78 is 11.1. The van der Waals surface area contributed by atoms with E-state index in [1.807, 2.05) is 6.07 Å². The second kappa shape index (κ2) is 11.9. The van der Waals surface area contributed by atoms with E-state index in [1.54, 1.807) is 42.7 Å². The maximum atomic E-state index is 12.9. The molecule has 164 valence electrons. The van der Waals surface area contributed by atoms with E-state index in [2.05, 4.69) is 15.6 Å². The van der Waals surface area contributed by atoms with Gasteiger partial charge in [-0.2, -0.15) is 0 Å². The number of nitrogens with zero attached hydrogens (tertiary/aromatic N) is 1. The van der Waals surface area contributed by atoms with Crippen LogP contribution in [-0.4, -0.2) is 48.4 Å². The van der Waals surface area contributed by atoms with E-state index in [0.29, 0.717) is 43.8 Å². The van der Waals surface area contributed by atoms with Crippen molar-refractivity contribution in [1.29, 1.82) is 0 Å². The van der Waals surface area contributed by atoms with E-state index < -0.39 is 23.6 Å². The fourth-order valence-electron chi connectivity index (χ4n) is 3.26. The average molecular weight is 425 g/mol. The minimum Gasteiger partial charge on any atom is -0.379 e. The van der Waals surface area contributed by atoms with Crippen LogP contribution in [0.15, 0.2) is 48.8 Å². The molecule has 0 spiro atoms. The van der Waals surface area contributed by atoms with Gasteiger partial charge < -0.3 is 20.1 Å². The van der Waals surface area contributed by atoms with Gasteiger partial charge >= 0.3 is 0 Å². The lowest BCUT2D eigenvalue weighted by Crippen LogP contribution is -2.47. The summed E-state index contributed by atoms with van der Waals surface area (Å²) in [5, 5.41) is 5.37. The van der Waals surface area contributed by atoms with Gasteiger partial charge in [0.05, 0.1) is 25.9 Å². The molecule has 2 amide bonds. The van der Waals surface area contributed by atoms with Gasteiger partial charge in [0.25, 0.3) is 11.8 Å². The number of rotatable bonds is 4. The molecule has 1 aromatic heterocycles. The number of carbonyl (C=O) groups is 3. The fraction of sp³-hybridized carbons (Fsp3) is 0.391. The summed E-state index contributed by atoms with van der Waals surface area (Å²) in [5.74, 6) is -1.78. The van der Waals surface area contributed by atoms with Crippen LogP contribution in [0, 0.1) is 0 Å². The SMILES string of the molecule is O=C(NCc1ccncc1)C(=O)C1CCCCOCCOCc2ccccc2C(=O)N1. The second-order valence-electron chi connectivity index (χ2n) is 7.25. The first-order valence-electron chi connectivity index (χ1n) is 10.4. The zero-order chi connectivity index (χ0) is 21.9. The summed E-state index contributed by atoms with van der Waals surface area (Å²) in [7, 11) is 0. The number of ether oxygens (including phenoxy) is 2. The summed E-state index contributed by atoms with van der Waals surface area (Å²) in [6.07, 6.45) is 4.94. The highest BCUT2D eigenvalue weighted by Gasteiger charge is 2.27. The summed E-state index contributed by atoms with van der Waals surface area (Å²) in [6.45, 7) is 1.91. The Morgan fingerprint density at radius 2 is 1.81 bits per heavy atom. The third-order valence-electron chi connectivity index (χ3n) is 4.97. The first-order chi connectivity index (χ1) is 15.1. The number of hydrogen-bond donors (Lipinski definition) is 2. The number of aromatic nitrogens is 1. The molecule has 1 unspecified atom stereocenters. The molecule has 0 saturated carbocycles. The van der Waals surface area contributed by atoms with Crippen LogP contribution < -0.4 is 10.6 Å². The molecule has 2 N–H and O–H groups in total. The Balaban J connectivity index is 1.70. The van der Waals surface area contributed by atoms with Crippen LogP contribution in [0.5, 0.6) is 0 Å². The van der Waals surface area contributed by atoms with Gasteiger partial charge in [-0.25, -0.2) is 0 Å². The van der Waals surface area contributed by atoms with Crippen LogP contribution >= 0.6 is 0 Å². The molecule has 31 heavy (non-hydrogen) atoms. The van der Waals surface area contributed by atoms with Crippen LogP contribution in [0.1, 0.15) is 40.7 Å². The lowest BCUT2D eigenvalue weighted by Gasteiger charge is -2.19. The largest absolute Gasteiger partial charge is 0.379 e. The highest BCUT2D eigenvalue weighted by molar-refractivity contribution is 6.38. The predicted octanol–water partition coefficient (Wildman–Crippen LogP) is 1.78.